The Kier molecular flexibility index (Phi) is 8.09. The Hall–Kier alpha value is -3.68. The Morgan fingerprint density at radius 3 is 2.33 bits per heavy atom. The number of nitrogens with zero attached hydrogens (tertiary/aromatic N) is 4. The number of carbonyl (C=O) groups is 2. The number of carbonyl (C=O) groups excluding carboxylic acids is 2. The number of aromatic amines is 1. The number of benzene rings is 1. The summed E-state index contributed by atoms with van der Waals surface area (Å²) < 4.78 is 51.1. The fourth-order valence-electron chi connectivity index (χ4n) is 4.91. The van der Waals surface area contributed by atoms with Gasteiger partial charge in [-0.1, -0.05) is 6.92 Å². The van der Waals surface area contributed by atoms with Crippen LogP contribution < -0.4 is 15.1 Å². The minimum absolute atomic E-state index is 0.0613. The molecule has 1 aliphatic heterocycles. The minimum atomic E-state index is -3.82. The Balaban J connectivity index is 1.79. The highest BCUT2D eigenvalue weighted by atomic mass is 32.2. The Morgan fingerprint density at radius 1 is 1.12 bits per heavy atom. The summed E-state index contributed by atoms with van der Waals surface area (Å²) in [5.74, 6) is -0.361. The van der Waals surface area contributed by atoms with Crippen molar-refractivity contribution >= 4 is 55.5 Å². The number of aromatic nitrogens is 3. The predicted octanol–water partition coefficient (Wildman–Crippen LogP) is 4.76. The van der Waals surface area contributed by atoms with Crippen molar-refractivity contribution in [3.05, 3.63) is 17.9 Å². The number of anilines is 2. The molecule has 0 radical (unpaired) electrons. The Labute approximate surface area is 244 Å². The zero-order valence-corrected chi connectivity index (χ0v) is 26.3. The van der Waals surface area contributed by atoms with Crippen molar-refractivity contribution in [1.29, 1.82) is 0 Å². The molecule has 14 heteroatoms. The average molecular weight is 607 g/mol. The third-order valence-electron chi connectivity index (χ3n) is 6.73. The number of nitrogens with one attached hydrogen (secondary N) is 2. The number of sulfone groups is 1. The average Bonchev–Trinajstić information content (AvgIpc) is 3.19. The molecule has 1 aliphatic rings. The van der Waals surface area contributed by atoms with E-state index in [0.29, 0.717) is 41.6 Å². The summed E-state index contributed by atoms with van der Waals surface area (Å²) in [6, 6.07) is 2.31. The topological polar surface area (TPSA) is 147 Å². The smallest absolute Gasteiger partial charge is 0.414 e. The van der Waals surface area contributed by atoms with E-state index in [-0.39, 0.29) is 28.5 Å². The van der Waals surface area contributed by atoms with Gasteiger partial charge in [-0.3, -0.25) is 4.90 Å². The lowest BCUT2D eigenvalue weighted by Gasteiger charge is -2.38. The highest BCUT2D eigenvalue weighted by Crippen LogP contribution is 2.38. The van der Waals surface area contributed by atoms with E-state index in [4.69, 9.17) is 9.47 Å². The Bertz CT molecular complexity index is 1640. The molecule has 3 aromatic rings. The third kappa shape index (κ3) is 6.85. The molecule has 12 nitrogen and oxygen atoms in total. The van der Waals surface area contributed by atoms with Gasteiger partial charge < -0.3 is 24.7 Å². The zero-order valence-electron chi connectivity index (χ0n) is 25.5. The van der Waals surface area contributed by atoms with Crippen molar-refractivity contribution in [2.75, 3.05) is 36.2 Å². The maximum Gasteiger partial charge on any atom is 0.414 e. The largest absolute Gasteiger partial charge is 0.444 e. The summed E-state index contributed by atoms with van der Waals surface area (Å²) in [5.41, 5.74) is -0.666. The zero-order chi connectivity index (χ0) is 31.4. The molecule has 1 unspecified atom stereocenters. The summed E-state index contributed by atoms with van der Waals surface area (Å²) in [4.78, 5) is 40.2. The van der Waals surface area contributed by atoms with Crippen molar-refractivity contribution in [1.82, 2.24) is 20.3 Å². The molecule has 0 bridgehead atoms. The van der Waals surface area contributed by atoms with E-state index in [1.165, 1.54) is 24.1 Å². The second-order valence-corrected chi connectivity index (χ2v) is 14.7. The molecule has 2 atom stereocenters. The van der Waals surface area contributed by atoms with E-state index in [0.717, 1.165) is 6.26 Å². The number of piperidine rings is 1. The van der Waals surface area contributed by atoms with Gasteiger partial charge in [-0.05, 0) is 66.0 Å². The van der Waals surface area contributed by atoms with Crippen LogP contribution in [0.1, 0.15) is 54.9 Å². The number of ether oxygens (including phenoxy) is 2. The van der Waals surface area contributed by atoms with Crippen molar-refractivity contribution in [3.8, 4) is 0 Å². The van der Waals surface area contributed by atoms with Crippen LogP contribution in [-0.2, 0) is 19.3 Å². The lowest BCUT2D eigenvalue weighted by atomic mass is 9.93. The van der Waals surface area contributed by atoms with E-state index in [1.54, 1.807) is 41.5 Å². The fourth-order valence-corrected chi connectivity index (χ4v) is 5.42. The van der Waals surface area contributed by atoms with Crippen LogP contribution in [0.15, 0.2) is 17.3 Å². The van der Waals surface area contributed by atoms with Crippen LogP contribution in [0.2, 0.25) is 0 Å². The summed E-state index contributed by atoms with van der Waals surface area (Å²) in [6.45, 7) is 13.4. The van der Waals surface area contributed by atoms with Gasteiger partial charge in [0.15, 0.2) is 0 Å². The first-order valence-electron chi connectivity index (χ1n) is 13.7. The first-order chi connectivity index (χ1) is 19.2. The first-order valence-corrected chi connectivity index (χ1v) is 15.6. The van der Waals surface area contributed by atoms with Crippen LogP contribution in [0.5, 0.6) is 0 Å². The number of hydrogen-bond donors (Lipinski definition) is 2. The highest BCUT2D eigenvalue weighted by Gasteiger charge is 2.33. The van der Waals surface area contributed by atoms with Crippen LogP contribution >= 0.6 is 0 Å². The number of halogens is 1. The molecular weight excluding hydrogens is 567 g/mol. The number of rotatable bonds is 4. The van der Waals surface area contributed by atoms with E-state index in [1.807, 2.05) is 11.8 Å². The summed E-state index contributed by atoms with van der Waals surface area (Å²) in [6.07, 6.45) is 0.348. The van der Waals surface area contributed by atoms with Gasteiger partial charge >= 0.3 is 12.2 Å². The number of hydrogen-bond acceptors (Lipinski definition) is 9. The normalized spacial score (nSPS) is 18.3. The molecule has 0 saturated carbocycles. The molecule has 4 rings (SSSR count). The maximum absolute atomic E-state index is 15.1. The van der Waals surface area contributed by atoms with E-state index in [2.05, 4.69) is 20.3 Å². The molecule has 1 saturated heterocycles. The minimum Gasteiger partial charge on any atom is -0.444 e. The van der Waals surface area contributed by atoms with Crippen molar-refractivity contribution in [3.63, 3.8) is 0 Å². The highest BCUT2D eigenvalue weighted by molar-refractivity contribution is 7.90. The van der Waals surface area contributed by atoms with Crippen LogP contribution in [0.3, 0.4) is 0 Å². The molecule has 2 aromatic heterocycles. The number of alkyl carbamates (subject to hydrolysis) is 1. The van der Waals surface area contributed by atoms with Crippen molar-refractivity contribution in [2.24, 2.45) is 5.92 Å². The van der Waals surface area contributed by atoms with Crippen molar-refractivity contribution < 1.29 is 31.9 Å². The van der Waals surface area contributed by atoms with Crippen molar-refractivity contribution in [2.45, 2.75) is 77.3 Å². The van der Waals surface area contributed by atoms with Gasteiger partial charge in [-0.25, -0.2) is 27.4 Å². The van der Waals surface area contributed by atoms with E-state index >= 15 is 4.39 Å². The molecule has 1 aromatic carbocycles. The predicted molar refractivity (Wildman–Crippen MR) is 158 cm³/mol. The molecular formula is C28H39FN6O6S. The van der Waals surface area contributed by atoms with Gasteiger partial charge in [0.1, 0.15) is 28.5 Å². The number of fused-ring (bicyclic) bond motifs is 3. The van der Waals surface area contributed by atoms with Crippen LogP contribution in [0.25, 0.3) is 21.9 Å². The SMILES string of the molecule is CC1CN(c2nc(S(C)(=O)=O)nc3[nH]c4c(N(C)C(=O)OC(C)(C)C)cc(F)cc4c23)CC[C@H]1NC(=O)OC(C)(C)C. The van der Waals surface area contributed by atoms with Crippen LogP contribution in [0, 0.1) is 11.7 Å². The van der Waals surface area contributed by atoms with Gasteiger partial charge in [-0.15, -0.1) is 0 Å². The molecule has 2 N–H and O–H groups in total. The van der Waals surface area contributed by atoms with E-state index in [9.17, 15) is 18.0 Å². The standard InChI is InChI=1S/C28H39FN6O6S/c1-15-14-35(11-10-18(15)30-25(36)40-27(2,3)4)23-20-17-12-16(29)13-19(34(8)26(37)41-28(5,6)7)21(17)31-22(20)32-24(33-23)42(9,38)39/h12-13,15,18H,10-11,14H2,1-9H3,(H,30,36)(H,31,32,33)/t15?,18-/m1/s1. The Morgan fingerprint density at radius 2 is 1.76 bits per heavy atom. The number of H-pyrrole nitrogens is 1. The van der Waals surface area contributed by atoms with Crippen LogP contribution in [0.4, 0.5) is 25.5 Å². The number of amides is 2. The van der Waals surface area contributed by atoms with Gasteiger partial charge in [0.25, 0.3) is 5.16 Å². The molecule has 0 spiro atoms. The molecule has 2 amide bonds. The van der Waals surface area contributed by atoms with E-state index < -0.39 is 39.0 Å². The summed E-state index contributed by atoms with van der Waals surface area (Å²) >= 11 is 0. The molecule has 230 valence electrons. The second kappa shape index (κ2) is 10.9. The summed E-state index contributed by atoms with van der Waals surface area (Å²) in [5, 5.41) is 3.34. The van der Waals surface area contributed by atoms with Crippen LogP contribution in [-0.4, -0.2) is 79.2 Å². The van der Waals surface area contributed by atoms with Gasteiger partial charge in [-0.2, -0.15) is 4.98 Å². The van der Waals surface area contributed by atoms with Gasteiger partial charge in [0.2, 0.25) is 9.84 Å². The van der Waals surface area contributed by atoms with Gasteiger partial charge in [0.05, 0.1) is 16.6 Å². The molecule has 0 aliphatic carbocycles. The first kappa shape index (κ1) is 31.3. The monoisotopic (exact) mass is 606 g/mol. The molecule has 3 heterocycles. The fraction of sp³-hybridized carbons (Fsp3) is 0.571. The molecule has 1 fully saturated rings. The lowest BCUT2D eigenvalue weighted by molar-refractivity contribution is 0.0479. The quantitative estimate of drug-likeness (QED) is 0.401. The maximum atomic E-state index is 15.1. The second-order valence-electron chi connectivity index (χ2n) is 12.8. The summed E-state index contributed by atoms with van der Waals surface area (Å²) in [7, 11) is -2.36. The lowest BCUT2D eigenvalue weighted by Crippen LogP contribution is -2.51. The molecule has 42 heavy (non-hydrogen) atoms. The van der Waals surface area contributed by atoms with Gasteiger partial charge in [0, 0.05) is 37.8 Å². The third-order valence-corrected chi connectivity index (χ3v) is 7.58.